The molecular formula is C30H48O4. The van der Waals surface area contributed by atoms with Gasteiger partial charge in [-0.3, -0.25) is 0 Å². The molecule has 0 amide bonds. The lowest BCUT2D eigenvalue weighted by Crippen LogP contribution is -2.60. The maximum Gasteiger partial charge on any atom is 0.199 e. The number of aliphatic hydroxyl groups is 2. The SMILES string of the molecule is CC(C)[C@@]12CO[C@]3(O1)[C@H](O)[C@@]1(C)[C@@H]4CC[C@@H]5C(C)(C)[C@H](O)CC[C@@]56C[C@]46CC[C@]1(C)[C@H]3[C@@H](C)C2. The van der Waals surface area contributed by atoms with Crippen LogP contribution in [-0.2, 0) is 9.47 Å². The number of aliphatic hydroxyl groups excluding tert-OH is 2. The molecule has 5 saturated carbocycles. The third-order valence-corrected chi connectivity index (χ3v) is 14.5. The highest BCUT2D eigenvalue weighted by molar-refractivity contribution is 5.34. The monoisotopic (exact) mass is 472 g/mol. The highest BCUT2D eigenvalue weighted by atomic mass is 16.8. The summed E-state index contributed by atoms with van der Waals surface area (Å²) in [6.45, 7) is 17.2. The molecule has 7 aliphatic rings. The van der Waals surface area contributed by atoms with Crippen LogP contribution in [0, 0.1) is 56.7 Å². The van der Waals surface area contributed by atoms with E-state index >= 15 is 0 Å². The summed E-state index contributed by atoms with van der Waals surface area (Å²) in [5, 5.41) is 23.4. The summed E-state index contributed by atoms with van der Waals surface area (Å²) in [5.74, 6) is 1.42. The molecule has 12 atom stereocenters. The number of hydrogen-bond donors (Lipinski definition) is 2. The van der Waals surface area contributed by atoms with E-state index in [1.807, 2.05) is 0 Å². The molecule has 7 fully saturated rings. The van der Waals surface area contributed by atoms with Gasteiger partial charge in [-0.15, -0.1) is 0 Å². The second-order valence-electron chi connectivity index (χ2n) is 15.6. The number of hydrogen-bond acceptors (Lipinski definition) is 4. The van der Waals surface area contributed by atoms with Crippen molar-refractivity contribution in [3.8, 4) is 0 Å². The first-order valence-electron chi connectivity index (χ1n) is 14.5. The Morgan fingerprint density at radius 3 is 2.26 bits per heavy atom. The van der Waals surface area contributed by atoms with Crippen molar-refractivity contribution in [3.63, 3.8) is 0 Å². The lowest BCUT2D eigenvalue weighted by Gasteiger charge is -2.63. The molecule has 0 aromatic rings. The summed E-state index contributed by atoms with van der Waals surface area (Å²) in [7, 11) is 0. The Kier molecular flexibility index (Phi) is 4.13. The lowest BCUT2D eigenvalue weighted by molar-refractivity contribution is -0.297. The summed E-state index contributed by atoms with van der Waals surface area (Å²) < 4.78 is 13.8. The number of rotatable bonds is 1. The summed E-state index contributed by atoms with van der Waals surface area (Å²) in [6, 6.07) is 0. The molecule has 7 rings (SSSR count). The number of ether oxygens (including phenoxy) is 2. The fraction of sp³-hybridized carbons (Fsp3) is 1.00. The predicted octanol–water partition coefficient (Wildman–Crippen LogP) is 5.54. The Labute approximate surface area is 206 Å². The standard InChI is InChI=1S/C30H48O4/c1-17(2)29-14-18(3)22-25(6)12-13-28-15-27(28)11-10-21(31)24(4,5)19(27)8-9-20(28)26(25,7)23(32)30(22,34-29)33-16-29/h17-23,31-32H,8-16H2,1-7H3/t18-,19+,20-,21+,22+,23+,25+,26+,27+,28+,29+,30+/m0/s1. The predicted molar refractivity (Wildman–Crippen MR) is 131 cm³/mol. The Morgan fingerprint density at radius 2 is 1.56 bits per heavy atom. The van der Waals surface area contributed by atoms with E-state index in [1.54, 1.807) is 0 Å². The van der Waals surface area contributed by atoms with Crippen LogP contribution in [0.4, 0.5) is 0 Å². The summed E-state index contributed by atoms with van der Waals surface area (Å²) in [4.78, 5) is 0. The molecule has 2 heterocycles. The van der Waals surface area contributed by atoms with Gasteiger partial charge in [0.05, 0.1) is 18.3 Å². The third-order valence-electron chi connectivity index (χ3n) is 14.5. The highest BCUT2D eigenvalue weighted by Crippen LogP contribution is 2.90. The Hall–Kier alpha value is -0.160. The van der Waals surface area contributed by atoms with Crippen molar-refractivity contribution in [1.29, 1.82) is 0 Å². The van der Waals surface area contributed by atoms with Gasteiger partial charge in [-0.2, -0.15) is 0 Å². The molecule has 4 heteroatoms. The van der Waals surface area contributed by atoms with Gasteiger partial charge in [0.15, 0.2) is 5.79 Å². The van der Waals surface area contributed by atoms with Crippen molar-refractivity contribution >= 4 is 0 Å². The molecule has 0 aromatic heterocycles. The minimum Gasteiger partial charge on any atom is -0.393 e. The Morgan fingerprint density at radius 1 is 0.882 bits per heavy atom. The van der Waals surface area contributed by atoms with Crippen LogP contribution in [0.5, 0.6) is 0 Å². The van der Waals surface area contributed by atoms with E-state index in [4.69, 9.17) is 9.47 Å². The molecule has 3 spiro atoms. The highest BCUT2D eigenvalue weighted by Gasteiger charge is 2.88. The first-order chi connectivity index (χ1) is 15.8. The molecule has 4 nitrogen and oxygen atoms in total. The molecule has 2 saturated heterocycles. The van der Waals surface area contributed by atoms with Crippen molar-refractivity contribution in [2.24, 2.45) is 56.7 Å². The van der Waals surface area contributed by atoms with Gasteiger partial charge in [-0.1, -0.05) is 48.5 Å². The second kappa shape index (κ2) is 6.11. The summed E-state index contributed by atoms with van der Waals surface area (Å²) in [5.41, 5.74) is 0.281. The van der Waals surface area contributed by atoms with Crippen molar-refractivity contribution in [2.45, 2.75) is 123 Å². The van der Waals surface area contributed by atoms with E-state index in [0.717, 1.165) is 12.8 Å². The average Bonchev–Trinajstić information content (AvgIpc) is 3.29. The fourth-order valence-electron chi connectivity index (χ4n) is 12.7. The van der Waals surface area contributed by atoms with Gasteiger partial charge in [0.2, 0.25) is 0 Å². The molecule has 0 radical (unpaired) electrons. The van der Waals surface area contributed by atoms with E-state index in [-0.39, 0.29) is 33.9 Å². The molecule has 2 N–H and O–H groups in total. The smallest absolute Gasteiger partial charge is 0.199 e. The van der Waals surface area contributed by atoms with Crippen LogP contribution in [0.1, 0.15) is 99.8 Å². The van der Waals surface area contributed by atoms with Crippen LogP contribution < -0.4 is 0 Å². The van der Waals surface area contributed by atoms with Crippen LogP contribution in [0.15, 0.2) is 0 Å². The molecule has 0 unspecified atom stereocenters. The van der Waals surface area contributed by atoms with E-state index in [0.29, 0.717) is 41.1 Å². The second-order valence-corrected chi connectivity index (χ2v) is 15.6. The largest absolute Gasteiger partial charge is 0.393 e. The van der Waals surface area contributed by atoms with Crippen LogP contribution in [0.25, 0.3) is 0 Å². The van der Waals surface area contributed by atoms with Crippen molar-refractivity contribution in [1.82, 2.24) is 0 Å². The van der Waals surface area contributed by atoms with Crippen LogP contribution >= 0.6 is 0 Å². The van der Waals surface area contributed by atoms with Gasteiger partial charge in [0.1, 0.15) is 6.10 Å². The quantitative estimate of drug-likeness (QED) is 0.526. The van der Waals surface area contributed by atoms with Gasteiger partial charge < -0.3 is 19.7 Å². The number of fused-ring (bicyclic) bond motifs is 4. The molecule has 5 aliphatic carbocycles. The fourth-order valence-corrected chi connectivity index (χ4v) is 12.7. The van der Waals surface area contributed by atoms with E-state index in [9.17, 15) is 10.2 Å². The van der Waals surface area contributed by atoms with Crippen molar-refractivity contribution < 1.29 is 19.7 Å². The molecule has 34 heavy (non-hydrogen) atoms. The van der Waals surface area contributed by atoms with E-state index < -0.39 is 11.9 Å². The van der Waals surface area contributed by atoms with Crippen molar-refractivity contribution in [2.75, 3.05) is 6.61 Å². The third kappa shape index (κ3) is 2.04. The molecular weight excluding hydrogens is 424 g/mol. The maximum absolute atomic E-state index is 12.5. The van der Waals surface area contributed by atoms with Crippen LogP contribution in [0.3, 0.4) is 0 Å². The average molecular weight is 473 g/mol. The first kappa shape index (κ1) is 23.0. The van der Waals surface area contributed by atoms with Crippen molar-refractivity contribution in [3.05, 3.63) is 0 Å². The Bertz CT molecular complexity index is 931. The van der Waals surface area contributed by atoms with Gasteiger partial charge in [-0.25, -0.2) is 0 Å². The molecule has 192 valence electrons. The van der Waals surface area contributed by atoms with E-state index in [1.165, 1.54) is 38.5 Å². The molecule has 2 aliphatic heterocycles. The topological polar surface area (TPSA) is 58.9 Å². The summed E-state index contributed by atoms with van der Waals surface area (Å²) >= 11 is 0. The van der Waals surface area contributed by atoms with Gasteiger partial charge in [-0.05, 0) is 96.7 Å². The lowest BCUT2D eigenvalue weighted by atomic mass is 9.41. The summed E-state index contributed by atoms with van der Waals surface area (Å²) in [6.07, 6.45) is 8.57. The minimum atomic E-state index is -0.835. The Balaban J connectivity index is 1.33. The molecule has 0 aromatic carbocycles. The van der Waals surface area contributed by atoms with Gasteiger partial charge >= 0.3 is 0 Å². The maximum atomic E-state index is 12.5. The first-order valence-corrected chi connectivity index (χ1v) is 14.5. The zero-order valence-corrected chi connectivity index (χ0v) is 22.6. The van der Waals surface area contributed by atoms with Crippen LogP contribution in [-0.4, -0.2) is 40.4 Å². The zero-order valence-electron chi connectivity index (χ0n) is 22.6. The van der Waals surface area contributed by atoms with E-state index in [2.05, 4.69) is 48.5 Å². The van der Waals surface area contributed by atoms with Gasteiger partial charge in [0.25, 0.3) is 0 Å². The minimum absolute atomic E-state index is 0.00159. The molecule has 2 bridgehead atoms. The van der Waals surface area contributed by atoms with Crippen LogP contribution in [0.2, 0.25) is 0 Å². The zero-order chi connectivity index (χ0) is 24.3. The van der Waals surface area contributed by atoms with Gasteiger partial charge in [0, 0.05) is 11.3 Å². The normalized spacial score (nSPS) is 65.1.